The van der Waals surface area contributed by atoms with Gasteiger partial charge in [0.15, 0.2) is 6.10 Å². The van der Waals surface area contributed by atoms with Gasteiger partial charge in [-0.15, -0.1) is 11.8 Å². The van der Waals surface area contributed by atoms with Gasteiger partial charge in [-0.05, 0) is 37.0 Å². The molecule has 5 rings (SSSR count). The summed E-state index contributed by atoms with van der Waals surface area (Å²) in [6.45, 7) is 4.42. The van der Waals surface area contributed by atoms with Crippen molar-refractivity contribution in [3.8, 4) is 0 Å². The Hall–Kier alpha value is -3.63. The number of aliphatic hydroxyl groups excluding tert-OH is 1. The first-order chi connectivity index (χ1) is 17.8. The number of nitrogens with one attached hydrogen (secondary N) is 1. The van der Waals surface area contributed by atoms with Crippen LogP contribution in [0.3, 0.4) is 0 Å². The molecule has 0 aliphatic carbocycles. The highest BCUT2D eigenvalue weighted by Crippen LogP contribution is 2.51. The summed E-state index contributed by atoms with van der Waals surface area (Å²) < 4.78 is 4.93. The van der Waals surface area contributed by atoms with Gasteiger partial charge in [0, 0.05) is 12.6 Å². The maximum atomic E-state index is 13.5. The SMILES string of the molecule is Cc1ccccc1CN1C(=O)[C@H]2N(C(=O)[C@@H](O)C(Cc3ccccc3)NC(=O)c3ccno3)CSC21C. The number of hydrogen-bond donors (Lipinski definition) is 2. The zero-order valence-electron chi connectivity index (χ0n) is 20.5. The Morgan fingerprint density at radius 1 is 1.19 bits per heavy atom. The van der Waals surface area contributed by atoms with Gasteiger partial charge in [-0.3, -0.25) is 14.4 Å². The van der Waals surface area contributed by atoms with E-state index in [0.29, 0.717) is 6.54 Å². The molecule has 3 aromatic rings. The molecule has 10 heteroatoms. The summed E-state index contributed by atoms with van der Waals surface area (Å²) in [4.78, 5) is 42.1. The smallest absolute Gasteiger partial charge is 0.290 e. The van der Waals surface area contributed by atoms with Gasteiger partial charge in [-0.2, -0.15) is 0 Å². The van der Waals surface area contributed by atoms with E-state index in [2.05, 4.69) is 10.5 Å². The highest BCUT2D eigenvalue weighted by molar-refractivity contribution is 8.01. The Bertz CT molecular complexity index is 1300. The third-order valence-electron chi connectivity index (χ3n) is 7.13. The average Bonchev–Trinajstić information content (AvgIpc) is 3.55. The molecule has 0 spiro atoms. The van der Waals surface area contributed by atoms with Gasteiger partial charge in [0.05, 0.1) is 18.1 Å². The molecule has 0 bridgehead atoms. The molecule has 0 radical (unpaired) electrons. The van der Waals surface area contributed by atoms with Gasteiger partial charge in [-0.1, -0.05) is 59.8 Å². The quantitative estimate of drug-likeness (QED) is 0.438. The standard InChI is InChI=1S/C27H28N4O5S/c1-17-8-6-7-11-19(17)15-31-26(35)23-27(31,2)37-16-30(23)25(34)22(32)20(14-18-9-4-3-5-10-18)29-24(33)21-12-13-28-36-21/h3-13,20,22-23,32H,14-16H2,1-2H3,(H,29,33)/t20?,22-,23+,27?/m0/s1. The summed E-state index contributed by atoms with van der Waals surface area (Å²) in [6, 6.07) is 17.0. The number of aromatic nitrogens is 1. The summed E-state index contributed by atoms with van der Waals surface area (Å²) >= 11 is 1.50. The van der Waals surface area contributed by atoms with Crippen LogP contribution in [0, 0.1) is 6.92 Å². The fourth-order valence-corrected chi connectivity index (χ4v) is 6.31. The van der Waals surface area contributed by atoms with E-state index < -0.39 is 34.9 Å². The number of amides is 3. The topological polar surface area (TPSA) is 116 Å². The Labute approximate surface area is 218 Å². The van der Waals surface area contributed by atoms with Crippen LogP contribution in [0.4, 0.5) is 0 Å². The van der Waals surface area contributed by atoms with Crippen molar-refractivity contribution in [3.63, 3.8) is 0 Å². The van der Waals surface area contributed by atoms with Crippen molar-refractivity contribution in [1.82, 2.24) is 20.3 Å². The lowest BCUT2D eigenvalue weighted by Crippen LogP contribution is -2.73. The Kier molecular flexibility index (Phi) is 6.78. The zero-order valence-corrected chi connectivity index (χ0v) is 21.4. The van der Waals surface area contributed by atoms with E-state index in [4.69, 9.17) is 4.52 Å². The second-order valence-electron chi connectivity index (χ2n) is 9.48. The van der Waals surface area contributed by atoms with Gasteiger partial charge in [0.25, 0.3) is 11.8 Å². The van der Waals surface area contributed by atoms with Gasteiger partial charge in [0.2, 0.25) is 11.7 Å². The molecule has 192 valence electrons. The molecule has 2 aliphatic heterocycles. The second-order valence-corrected chi connectivity index (χ2v) is 10.9. The Morgan fingerprint density at radius 3 is 2.62 bits per heavy atom. The maximum Gasteiger partial charge on any atom is 0.290 e. The van der Waals surface area contributed by atoms with E-state index in [1.54, 1.807) is 4.90 Å². The predicted molar refractivity (Wildman–Crippen MR) is 137 cm³/mol. The lowest BCUT2D eigenvalue weighted by Gasteiger charge is -2.53. The molecule has 2 unspecified atom stereocenters. The van der Waals surface area contributed by atoms with Crippen LogP contribution < -0.4 is 5.32 Å². The normalized spacial score (nSPS) is 22.2. The highest BCUT2D eigenvalue weighted by atomic mass is 32.2. The molecule has 1 aromatic heterocycles. The van der Waals surface area contributed by atoms with Gasteiger partial charge in [0.1, 0.15) is 10.9 Å². The van der Waals surface area contributed by atoms with E-state index >= 15 is 0 Å². The average molecular weight is 521 g/mol. The van der Waals surface area contributed by atoms with E-state index in [1.165, 1.54) is 28.9 Å². The number of aryl methyl sites for hydroxylation is 1. The number of carbonyl (C=O) groups excluding carboxylic acids is 3. The minimum Gasteiger partial charge on any atom is -0.381 e. The summed E-state index contributed by atoms with van der Waals surface area (Å²) in [7, 11) is 0. The number of thioether (sulfide) groups is 1. The molecule has 3 amide bonds. The van der Waals surface area contributed by atoms with Gasteiger partial charge >= 0.3 is 0 Å². The Balaban J connectivity index is 1.33. The fourth-order valence-electron chi connectivity index (χ4n) is 4.94. The molecular formula is C27H28N4O5S. The van der Waals surface area contributed by atoms with Crippen LogP contribution in [0.25, 0.3) is 0 Å². The lowest BCUT2D eigenvalue weighted by atomic mass is 9.91. The van der Waals surface area contributed by atoms with Crippen molar-refractivity contribution in [2.45, 2.75) is 49.9 Å². The van der Waals surface area contributed by atoms with E-state index in [9.17, 15) is 19.5 Å². The summed E-state index contributed by atoms with van der Waals surface area (Å²) in [5.74, 6) is -1.09. The van der Waals surface area contributed by atoms with E-state index in [1.807, 2.05) is 68.4 Å². The van der Waals surface area contributed by atoms with Gasteiger partial charge in [-0.25, -0.2) is 0 Å². The van der Waals surface area contributed by atoms with Crippen molar-refractivity contribution in [2.24, 2.45) is 0 Å². The molecule has 3 heterocycles. The molecule has 0 saturated carbocycles. The molecule has 37 heavy (non-hydrogen) atoms. The minimum atomic E-state index is -1.56. The first kappa shape index (κ1) is 25.0. The largest absolute Gasteiger partial charge is 0.381 e. The summed E-state index contributed by atoms with van der Waals surface area (Å²) in [6.07, 6.45) is -0.00648. The van der Waals surface area contributed by atoms with Crippen LogP contribution in [-0.2, 0) is 22.6 Å². The first-order valence-electron chi connectivity index (χ1n) is 12.0. The number of aliphatic hydroxyl groups is 1. The van der Waals surface area contributed by atoms with Crippen LogP contribution in [0.5, 0.6) is 0 Å². The van der Waals surface area contributed by atoms with Crippen LogP contribution in [0.2, 0.25) is 0 Å². The number of β-lactam (4-membered cyclic amide) rings is 1. The van der Waals surface area contributed by atoms with Crippen LogP contribution in [0.15, 0.2) is 71.4 Å². The molecular weight excluding hydrogens is 492 g/mol. The number of benzene rings is 2. The zero-order chi connectivity index (χ0) is 26.2. The van der Waals surface area contributed by atoms with Crippen LogP contribution in [-0.4, -0.2) is 66.7 Å². The highest BCUT2D eigenvalue weighted by Gasteiger charge is 2.65. The van der Waals surface area contributed by atoms with Crippen molar-refractivity contribution in [1.29, 1.82) is 0 Å². The number of carbonyl (C=O) groups is 3. The summed E-state index contributed by atoms with van der Waals surface area (Å²) in [5, 5.41) is 17.5. The number of nitrogens with zero attached hydrogens (tertiary/aromatic N) is 3. The number of rotatable bonds is 8. The van der Waals surface area contributed by atoms with Gasteiger partial charge < -0.3 is 24.7 Å². The molecule has 2 aromatic carbocycles. The predicted octanol–water partition coefficient (Wildman–Crippen LogP) is 2.35. The Morgan fingerprint density at radius 2 is 1.92 bits per heavy atom. The monoisotopic (exact) mass is 520 g/mol. The van der Waals surface area contributed by atoms with Crippen molar-refractivity contribution in [3.05, 3.63) is 89.3 Å². The van der Waals surface area contributed by atoms with Crippen molar-refractivity contribution in [2.75, 3.05) is 5.88 Å². The minimum absolute atomic E-state index is 0.0250. The van der Waals surface area contributed by atoms with Crippen molar-refractivity contribution < 1.29 is 24.0 Å². The fraction of sp³-hybridized carbons (Fsp3) is 0.333. The van der Waals surface area contributed by atoms with E-state index in [0.717, 1.165) is 16.7 Å². The number of fused-ring (bicyclic) bond motifs is 1. The molecule has 2 fully saturated rings. The molecule has 2 N–H and O–H groups in total. The third kappa shape index (κ3) is 4.62. The van der Waals surface area contributed by atoms with Crippen molar-refractivity contribution >= 4 is 29.5 Å². The molecule has 2 saturated heterocycles. The summed E-state index contributed by atoms with van der Waals surface area (Å²) in [5.41, 5.74) is 2.99. The first-order valence-corrected chi connectivity index (χ1v) is 13.0. The molecule has 9 nitrogen and oxygen atoms in total. The number of likely N-dealkylation sites (tertiary alicyclic amines) is 1. The molecule has 2 aliphatic rings. The lowest BCUT2D eigenvalue weighted by molar-refractivity contribution is -0.168. The third-order valence-corrected chi connectivity index (χ3v) is 8.57. The molecule has 4 atom stereocenters. The van der Waals surface area contributed by atoms with Crippen LogP contribution >= 0.6 is 11.8 Å². The second kappa shape index (κ2) is 10.0. The van der Waals surface area contributed by atoms with Crippen LogP contribution in [0.1, 0.15) is 34.2 Å². The maximum absolute atomic E-state index is 13.5. The number of hydrogen-bond acceptors (Lipinski definition) is 7. The van der Waals surface area contributed by atoms with E-state index in [-0.39, 0.29) is 24.0 Å².